The van der Waals surface area contributed by atoms with Gasteiger partial charge in [0, 0.05) is 12.1 Å². The van der Waals surface area contributed by atoms with Gasteiger partial charge in [-0.25, -0.2) is 8.42 Å². The van der Waals surface area contributed by atoms with Gasteiger partial charge in [0.15, 0.2) is 0 Å². The summed E-state index contributed by atoms with van der Waals surface area (Å²) in [7, 11) is -3.77. The summed E-state index contributed by atoms with van der Waals surface area (Å²) in [6.07, 6.45) is 3.04. The van der Waals surface area contributed by atoms with Gasteiger partial charge in [0.05, 0.1) is 10.6 Å². The molecule has 0 heterocycles. The standard InChI is InChI=1S/C20H26N2O3S/c1-4-5-6-12-21-20(23)17-8-7-9-18(14-17)26(24,25)22-19-13-15(2)10-11-16(19)3/h7-11,13-14,22H,4-6,12H2,1-3H3,(H,21,23). The number of aryl methyl sites for hydroxylation is 2. The molecule has 0 radical (unpaired) electrons. The number of hydrogen-bond acceptors (Lipinski definition) is 3. The second-order valence-electron chi connectivity index (χ2n) is 6.41. The Morgan fingerprint density at radius 2 is 1.81 bits per heavy atom. The molecule has 26 heavy (non-hydrogen) atoms. The Morgan fingerprint density at radius 1 is 1.04 bits per heavy atom. The van der Waals surface area contributed by atoms with Gasteiger partial charge in [-0.1, -0.05) is 38.0 Å². The van der Waals surface area contributed by atoms with E-state index in [1.54, 1.807) is 18.2 Å². The average Bonchev–Trinajstić information content (AvgIpc) is 2.61. The Balaban J connectivity index is 2.17. The minimum absolute atomic E-state index is 0.0691. The van der Waals surface area contributed by atoms with Crippen molar-refractivity contribution in [1.82, 2.24) is 5.32 Å². The van der Waals surface area contributed by atoms with Crippen molar-refractivity contribution in [2.45, 2.75) is 44.9 Å². The molecule has 1 amide bonds. The number of carbonyl (C=O) groups excluding carboxylic acids is 1. The molecule has 2 aromatic rings. The lowest BCUT2D eigenvalue weighted by Crippen LogP contribution is -2.24. The molecule has 0 spiro atoms. The molecule has 6 heteroatoms. The maximum Gasteiger partial charge on any atom is 0.261 e. The third-order valence-corrected chi connectivity index (χ3v) is 5.47. The van der Waals surface area contributed by atoms with Crippen LogP contribution in [0.25, 0.3) is 0 Å². The topological polar surface area (TPSA) is 75.3 Å². The van der Waals surface area contributed by atoms with Crippen molar-refractivity contribution in [3.05, 3.63) is 59.2 Å². The molecule has 140 valence electrons. The fraction of sp³-hybridized carbons (Fsp3) is 0.350. The summed E-state index contributed by atoms with van der Waals surface area (Å²) in [6.45, 7) is 6.43. The van der Waals surface area contributed by atoms with Crippen molar-refractivity contribution < 1.29 is 13.2 Å². The van der Waals surface area contributed by atoms with E-state index in [1.165, 1.54) is 12.1 Å². The van der Waals surface area contributed by atoms with Crippen LogP contribution in [0.5, 0.6) is 0 Å². The van der Waals surface area contributed by atoms with Gasteiger partial charge in [-0.3, -0.25) is 9.52 Å². The van der Waals surface area contributed by atoms with Crippen molar-refractivity contribution in [3.8, 4) is 0 Å². The lowest BCUT2D eigenvalue weighted by molar-refractivity contribution is 0.0952. The summed E-state index contributed by atoms with van der Waals surface area (Å²) >= 11 is 0. The van der Waals surface area contributed by atoms with Crippen molar-refractivity contribution >= 4 is 21.6 Å². The first-order valence-electron chi connectivity index (χ1n) is 8.82. The molecule has 0 saturated heterocycles. The van der Waals surface area contributed by atoms with E-state index in [0.29, 0.717) is 17.8 Å². The maximum absolute atomic E-state index is 12.7. The fourth-order valence-corrected chi connectivity index (χ4v) is 3.70. The molecule has 0 aliphatic heterocycles. The highest BCUT2D eigenvalue weighted by Gasteiger charge is 2.17. The number of rotatable bonds is 8. The molecule has 5 nitrogen and oxygen atoms in total. The normalized spacial score (nSPS) is 11.2. The highest BCUT2D eigenvalue weighted by Crippen LogP contribution is 2.21. The first kappa shape index (κ1) is 20.0. The number of amides is 1. The van der Waals surface area contributed by atoms with E-state index in [-0.39, 0.29) is 10.8 Å². The van der Waals surface area contributed by atoms with Crippen LogP contribution in [-0.2, 0) is 10.0 Å². The second kappa shape index (κ2) is 8.85. The summed E-state index contributed by atoms with van der Waals surface area (Å²) in [5.41, 5.74) is 2.68. The number of hydrogen-bond donors (Lipinski definition) is 2. The predicted molar refractivity (Wildman–Crippen MR) is 105 cm³/mol. The largest absolute Gasteiger partial charge is 0.352 e. The van der Waals surface area contributed by atoms with E-state index < -0.39 is 10.0 Å². The number of benzene rings is 2. The third-order valence-electron chi connectivity index (χ3n) is 4.11. The van der Waals surface area contributed by atoms with Crippen molar-refractivity contribution in [2.75, 3.05) is 11.3 Å². The molecule has 2 N–H and O–H groups in total. The molecule has 0 aliphatic carbocycles. The predicted octanol–water partition coefficient (Wildman–Crippen LogP) is 4.02. The zero-order valence-electron chi connectivity index (χ0n) is 15.5. The number of carbonyl (C=O) groups is 1. The van der Waals surface area contributed by atoms with E-state index in [1.807, 2.05) is 26.0 Å². The Bertz CT molecular complexity index is 876. The summed E-state index contributed by atoms with van der Waals surface area (Å²) in [5.74, 6) is -0.259. The van der Waals surface area contributed by atoms with Crippen LogP contribution >= 0.6 is 0 Å². The fourth-order valence-electron chi connectivity index (χ4n) is 2.53. The zero-order valence-corrected chi connectivity index (χ0v) is 16.3. The lowest BCUT2D eigenvalue weighted by Gasteiger charge is -2.12. The molecular formula is C20H26N2O3S. The first-order valence-corrected chi connectivity index (χ1v) is 10.3. The highest BCUT2D eigenvalue weighted by molar-refractivity contribution is 7.92. The molecule has 2 rings (SSSR count). The first-order chi connectivity index (χ1) is 12.3. The zero-order chi connectivity index (χ0) is 19.2. The number of sulfonamides is 1. The Kier molecular flexibility index (Phi) is 6.80. The van der Waals surface area contributed by atoms with Gasteiger partial charge >= 0.3 is 0 Å². The minimum atomic E-state index is -3.77. The minimum Gasteiger partial charge on any atom is -0.352 e. The van der Waals surface area contributed by atoms with Gasteiger partial charge in [0.2, 0.25) is 0 Å². The van der Waals surface area contributed by atoms with Crippen LogP contribution in [0.15, 0.2) is 47.4 Å². The molecule has 0 saturated carbocycles. The monoisotopic (exact) mass is 374 g/mol. The van der Waals surface area contributed by atoms with E-state index in [4.69, 9.17) is 0 Å². The van der Waals surface area contributed by atoms with Gasteiger partial charge in [0.25, 0.3) is 15.9 Å². The molecule has 0 unspecified atom stereocenters. The number of nitrogens with one attached hydrogen (secondary N) is 2. The molecule has 0 atom stereocenters. The van der Waals surface area contributed by atoms with E-state index in [2.05, 4.69) is 17.0 Å². The smallest absolute Gasteiger partial charge is 0.261 e. The molecule has 0 bridgehead atoms. The summed E-state index contributed by atoms with van der Waals surface area (Å²) in [5, 5.41) is 2.82. The van der Waals surface area contributed by atoms with Gasteiger partial charge in [-0.15, -0.1) is 0 Å². The van der Waals surface area contributed by atoms with Crippen LogP contribution < -0.4 is 10.0 Å². The number of unbranched alkanes of at least 4 members (excludes halogenated alkanes) is 2. The van der Waals surface area contributed by atoms with Crippen LogP contribution in [0.3, 0.4) is 0 Å². The van der Waals surface area contributed by atoms with E-state index in [0.717, 1.165) is 30.4 Å². The van der Waals surface area contributed by atoms with Crippen LogP contribution in [-0.4, -0.2) is 20.9 Å². The molecule has 2 aromatic carbocycles. The third kappa shape index (κ3) is 5.33. The Labute approximate surface area is 155 Å². The second-order valence-corrected chi connectivity index (χ2v) is 8.10. The van der Waals surface area contributed by atoms with Crippen molar-refractivity contribution in [3.63, 3.8) is 0 Å². The highest BCUT2D eigenvalue weighted by atomic mass is 32.2. The summed E-state index contributed by atoms with van der Waals surface area (Å²) < 4.78 is 28.0. The van der Waals surface area contributed by atoms with Gasteiger partial charge in [0.1, 0.15) is 0 Å². The lowest BCUT2D eigenvalue weighted by atomic mass is 10.1. The molecular weight excluding hydrogens is 348 g/mol. The van der Waals surface area contributed by atoms with Crippen LogP contribution in [0.2, 0.25) is 0 Å². The van der Waals surface area contributed by atoms with Crippen LogP contribution in [0, 0.1) is 13.8 Å². The van der Waals surface area contributed by atoms with Crippen molar-refractivity contribution in [1.29, 1.82) is 0 Å². The molecule has 0 fully saturated rings. The maximum atomic E-state index is 12.7. The van der Waals surface area contributed by atoms with Crippen LogP contribution in [0.1, 0.15) is 47.7 Å². The molecule has 0 aliphatic rings. The number of anilines is 1. The quantitative estimate of drug-likeness (QED) is 0.685. The van der Waals surface area contributed by atoms with Crippen LogP contribution in [0.4, 0.5) is 5.69 Å². The van der Waals surface area contributed by atoms with Gasteiger partial charge in [-0.05, 0) is 55.7 Å². The Hall–Kier alpha value is -2.34. The summed E-state index contributed by atoms with van der Waals surface area (Å²) in [4.78, 5) is 12.3. The van der Waals surface area contributed by atoms with E-state index >= 15 is 0 Å². The van der Waals surface area contributed by atoms with E-state index in [9.17, 15) is 13.2 Å². The van der Waals surface area contributed by atoms with Gasteiger partial charge < -0.3 is 5.32 Å². The van der Waals surface area contributed by atoms with Gasteiger partial charge in [-0.2, -0.15) is 0 Å². The average molecular weight is 375 g/mol. The SMILES string of the molecule is CCCCCNC(=O)c1cccc(S(=O)(=O)Nc2cc(C)ccc2C)c1. The summed E-state index contributed by atoms with van der Waals surface area (Å²) in [6, 6.07) is 11.7. The molecule has 0 aromatic heterocycles. The van der Waals surface area contributed by atoms with Crippen molar-refractivity contribution in [2.24, 2.45) is 0 Å². The Morgan fingerprint density at radius 3 is 2.54 bits per heavy atom.